The summed E-state index contributed by atoms with van der Waals surface area (Å²) in [7, 11) is -1.69. The highest BCUT2D eigenvalue weighted by molar-refractivity contribution is 7.89. The molecular formula is C15H23ClN2O2S. The van der Waals surface area contributed by atoms with Gasteiger partial charge in [0.1, 0.15) is 4.90 Å². The van der Waals surface area contributed by atoms with Gasteiger partial charge in [0.25, 0.3) is 0 Å². The number of benzene rings is 1. The molecule has 118 valence electrons. The van der Waals surface area contributed by atoms with Gasteiger partial charge < -0.3 is 5.32 Å². The molecule has 1 aromatic carbocycles. The minimum Gasteiger partial charge on any atom is -0.316 e. The predicted molar refractivity (Wildman–Crippen MR) is 85.9 cm³/mol. The normalized spacial score (nSPS) is 24.2. The Bertz CT molecular complexity index is 604. The number of hydrogen-bond donors (Lipinski definition) is 1. The van der Waals surface area contributed by atoms with Crippen molar-refractivity contribution in [3.05, 3.63) is 28.8 Å². The molecule has 0 aliphatic carbocycles. The van der Waals surface area contributed by atoms with Gasteiger partial charge in [0, 0.05) is 19.6 Å². The average Bonchev–Trinajstić information content (AvgIpc) is 2.44. The second-order valence-corrected chi connectivity index (χ2v) is 8.21. The molecule has 6 heteroatoms. The molecule has 0 saturated carbocycles. The Morgan fingerprint density at radius 1 is 1.33 bits per heavy atom. The van der Waals surface area contributed by atoms with Crippen molar-refractivity contribution < 1.29 is 8.42 Å². The topological polar surface area (TPSA) is 49.4 Å². The first-order chi connectivity index (χ1) is 9.86. The van der Waals surface area contributed by atoms with E-state index in [9.17, 15) is 8.42 Å². The van der Waals surface area contributed by atoms with E-state index in [1.807, 2.05) is 13.1 Å². The van der Waals surface area contributed by atoms with Crippen LogP contribution in [0.2, 0.25) is 5.02 Å². The molecule has 2 unspecified atom stereocenters. The van der Waals surface area contributed by atoms with Crippen LogP contribution in [0.5, 0.6) is 0 Å². The quantitative estimate of drug-likeness (QED) is 0.923. The second kappa shape index (κ2) is 6.65. The van der Waals surface area contributed by atoms with E-state index in [1.54, 1.807) is 16.4 Å². The van der Waals surface area contributed by atoms with Gasteiger partial charge in [-0.15, -0.1) is 0 Å². The van der Waals surface area contributed by atoms with E-state index in [2.05, 4.69) is 19.2 Å². The monoisotopic (exact) mass is 330 g/mol. The molecule has 0 radical (unpaired) electrons. The van der Waals surface area contributed by atoms with E-state index in [0.29, 0.717) is 36.5 Å². The van der Waals surface area contributed by atoms with Crippen molar-refractivity contribution in [3.8, 4) is 0 Å². The van der Waals surface area contributed by atoms with Crippen molar-refractivity contribution >= 4 is 21.6 Å². The Hall–Kier alpha value is -0.620. The molecule has 0 spiro atoms. The molecule has 1 aliphatic heterocycles. The van der Waals surface area contributed by atoms with Crippen LogP contribution < -0.4 is 5.32 Å². The molecule has 2 rings (SSSR count). The molecule has 1 saturated heterocycles. The lowest BCUT2D eigenvalue weighted by molar-refractivity contribution is 0.212. The lowest BCUT2D eigenvalue weighted by Crippen LogP contribution is -2.42. The zero-order valence-electron chi connectivity index (χ0n) is 12.8. The van der Waals surface area contributed by atoms with Crippen LogP contribution in [-0.4, -0.2) is 32.9 Å². The lowest BCUT2D eigenvalue weighted by atomic mass is 9.90. The molecule has 0 amide bonds. The number of nitrogens with zero attached hydrogens (tertiary/aromatic N) is 1. The summed E-state index contributed by atoms with van der Waals surface area (Å²) < 4.78 is 27.2. The minimum absolute atomic E-state index is 0.221. The Morgan fingerprint density at radius 3 is 2.67 bits per heavy atom. The zero-order valence-corrected chi connectivity index (χ0v) is 14.3. The second-order valence-electron chi connectivity index (χ2n) is 5.90. The van der Waals surface area contributed by atoms with Gasteiger partial charge in [0.15, 0.2) is 0 Å². The van der Waals surface area contributed by atoms with Crippen molar-refractivity contribution in [2.24, 2.45) is 11.8 Å². The molecule has 2 atom stereocenters. The van der Waals surface area contributed by atoms with Crippen LogP contribution in [0.4, 0.5) is 0 Å². The Morgan fingerprint density at radius 2 is 2.05 bits per heavy atom. The number of sulfonamides is 1. The fraction of sp³-hybridized carbons (Fsp3) is 0.600. The number of halogens is 1. The Kier molecular flexibility index (Phi) is 5.30. The van der Waals surface area contributed by atoms with E-state index in [1.165, 1.54) is 0 Å². The fourth-order valence-electron chi connectivity index (χ4n) is 2.64. The number of piperidine rings is 1. The van der Waals surface area contributed by atoms with Crippen LogP contribution in [0, 0.1) is 11.8 Å². The number of rotatable bonds is 4. The molecule has 1 aliphatic rings. The Balaban J connectivity index is 2.33. The van der Waals surface area contributed by atoms with Gasteiger partial charge in [-0.1, -0.05) is 31.5 Å². The molecule has 1 N–H and O–H groups in total. The molecule has 1 fully saturated rings. The van der Waals surface area contributed by atoms with E-state index in [0.717, 1.165) is 12.0 Å². The van der Waals surface area contributed by atoms with Gasteiger partial charge >= 0.3 is 0 Å². The summed E-state index contributed by atoms with van der Waals surface area (Å²) >= 11 is 6.14. The standard InChI is InChI=1S/C15H23ClN2O2S/c1-11-6-7-18(10-12(11)2)21(19,20)15-8-13(9-17-3)4-5-14(15)16/h4-5,8,11-12,17H,6-7,9-10H2,1-3H3. The van der Waals surface area contributed by atoms with Gasteiger partial charge in [-0.2, -0.15) is 4.31 Å². The number of hydrogen-bond acceptors (Lipinski definition) is 3. The predicted octanol–water partition coefficient (Wildman–Crippen LogP) is 2.73. The van der Waals surface area contributed by atoms with E-state index in [-0.39, 0.29) is 4.90 Å². The zero-order chi connectivity index (χ0) is 15.6. The minimum atomic E-state index is -3.52. The van der Waals surface area contributed by atoms with Crippen LogP contribution >= 0.6 is 11.6 Å². The molecule has 1 aromatic rings. The average molecular weight is 331 g/mol. The van der Waals surface area contributed by atoms with Gasteiger partial charge in [-0.3, -0.25) is 0 Å². The maximum Gasteiger partial charge on any atom is 0.244 e. The first kappa shape index (κ1) is 16.7. The maximum absolute atomic E-state index is 12.8. The molecule has 0 bridgehead atoms. The first-order valence-electron chi connectivity index (χ1n) is 7.29. The van der Waals surface area contributed by atoms with E-state index < -0.39 is 10.0 Å². The van der Waals surface area contributed by atoms with E-state index >= 15 is 0 Å². The summed E-state index contributed by atoms with van der Waals surface area (Å²) in [5, 5.41) is 3.32. The largest absolute Gasteiger partial charge is 0.316 e. The third-order valence-electron chi connectivity index (χ3n) is 4.29. The molecule has 4 nitrogen and oxygen atoms in total. The van der Waals surface area contributed by atoms with Crippen molar-refractivity contribution in [3.63, 3.8) is 0 Å². The highest BCUT2D eigenvalue weighted by atomic mass is 35.5. The molecule has 0 aromatic heterocycles. The summed E-state index contributed by atoms with van der Waals surface area (Å²) in [4.78, 5) is 0.221. The summed E-state index contributed by atoms with van der Waals surface area (Å²) in [6.07, 6.45) is 0.897. The highest BCUT2D eigenvalue weighted by Crippen LogP contribution is 2.30. The van der Waals surface area contributed by atoms with Crippen LogP contribution in [0.25, 0.3) is 0 Å². The van der Waals surface area contributed by atoms with Crippen LogP contribution in [0.3, 0.4) is 0 Å². The van der Waals surface area contributed by atoms with Crippen LogP contribution in [0.15, 0.2) is 23.1 Å². The van der Waals surface area contributed by atoms with Crippen molar-refractivity contribution in [2.75, 3.05) is 20.1 Å². The van der Waals surface area contributed by atoms with Crippen LogP contribution in [-0.2, 0) is 16.6 Å². The van der Waals surface area contributed by atoms with Crippen LogP contribution in [0.1, 0.15) is 25.8 Å². The highest BCUT2D eigenvalue weighted by Gasteiger charge is 2.32. The maximum atomic E-state index is 12.8. The summed E-state index contributed by atoms with van der Waals surface area (Å²) in [6, 6.07) is 5.19. The Labute approximate surface area is 132 Å². The third kappa shape index (κ3) is 3.59. The summed E-state index contributed by atoms with van der Waals surface area (Å²) in [6.45, 7) is 6.03. The molecule has 21 heavy (non-hydrogen) atoms. The van der Waals surface area contributed by atoms with Gasteiger partial charge in [-0.05, 0) is 43.0 Å². The first-order valence-corrected chi connectivity index (χ1v) is 9.11. The fourth-order valence-corrected chi connectivity index (χ4v) is 4.72. The summed E-state index contributed by atoms with van der Waals surface area (Å²) in [5.74, 6) is 0.926. The van der Waals surface area contributed by atoms with Crippen molar-refractivity contribution in [1.82, 2.24) is 9.62 Å². The smallest absolute Gasteiger partial charge is 0.244 e. The molecule has 1 heterocycles. The molecular weight excluding hydrogens is 308 g/mol. The van der Waals surface area contributed by atoms with Crippen molar-refractivity contribution in [2.45, 2.75) is 31.7 Å². The van der Waals surface area contributed by atoms with Gasteiger partial charge in [-0.25, -0.2) is 8.42 Å². The van der Waals surface area contributed by atoms with Gasteiger partial charge in [0.05, 0.1) is 5.02 Å². The lowest BCUT2D eigenvalue weighted by Gasteiger charge is -2.34. The third-order valence-corrected chi connectivity index (χ3v) is 6.64. The summed E-state index contributed by atoms with van der Waals surface area (Å²) in [5.41, 5.74) is 0.916. The van der Waals surface area contributed by atoms with E-state index in [4.69, 9.17) is 11.6 Å². The van der Waals surface area contributed by atoms with Gasteiger partial charge in [0.2, 0.25) is 10.0 Å². The number of nitrogens with one attached hydrogen (secondary N) is 1. The van der Waals surface area contributed by atoms with Crippen molar-refractivity contribution in [1.29, 1.82) is 0 Å². The SMILES string of the molecule is CNCc1ccc(Cl)c(S(=O)(=O)N2CCC(C)C(C)C2)c1.